The second-order valence-corrected chi connectivity index (χ2v) is 7.59. The average molecular weight is 296 g/mol. The van der Waals surface area contributed by atoms with E-state index in [4.69, 9.17) is 10.5 Å². The van der Waals surface area contributed by atoms with Crippen molar-refractivity contribution in [3.05, 3.63) is 0 Å². The zero-order valence-corrected chi connectivity index (χ0v) is 14.4. The minimum absolute atomic E-state index is 0.212. The Kier molecular flexibility index (Phi) is 6.51. The number of hydrogen-bond donors (Lipinski definition) is 1. The van der Waals surface area contributed by atoms with Gasteiger partial charge < -0.3 is 10.5 Å². The lowest BCUT2D eigenvalue weighted by Crippen LogP contribution is -2.58. The first-order valence-electron chi connectivity index (χ1n) is 9.18. The summed E-state index contributed by atoms with van der Waals surface area (Å²) in [6.45, 7) is 11.2. The number of rotatable bonds is 5. The molecule has 0 amide bonds. The van der Waals surface area contributed by atoms with Crippen molar-refractivity contribution in [1.29, 1.82) is 0 Å². The van der Waals surface area contributed by atoms with Gasteiger partial charge in [-0.05, 0) is 63.5 Å². The van der Waals surface area contributed by atoms with Crippen LogP contribution in [0.2, 0.25) is 0 Å². The van der Waals surface area contributed by atoms with E-state index in [9.17, 15) is 0 Å². The summed E-state index contributed by atoms with van der Waals surface area (Å²) in [5.41, 5.74) is 6.49. The zero-order valence-electron chi connectivity index (χ0n) is 14.4. The molecule has 3 atom stereocenters. The van der Waals surface area contributed by atoms with Gasteiger partial charge in [-0.2, -0.15) is 0 Å². The molecule has 2 heterocycles. The molecule has 2 aliphatic heterocycles. The van der Waals surface area contributed by atoms with Crippen LogP contribution in [-0.4, -0.2) is 42.8 Å². The van der Waals surface area contributed by atoms with Crippen molar-refractivity contribution in [2.45, 2.75) is 77.4 Å². The highest BCUT2D eigenvalue weighted by molar-refractivity contribution is 4.97. The standard InChI is InChI=1S/C18H36N2O/c1-4-6-17-13-18(14-19,9-12-21-17)20-10-5-7-16(8-11-20)15(2)3/h15-17H,4-14,19H2,1-3H3. The molecule has 21 heavy (non-hydrogen) atoms. The van der Waals surface area contributed by atoms with Crippen molar-refractivity contribution < 1.29 is 4.74 Å². The number of nitrogens with two attached hydrogens (primary N) is 1. The maximum atomic E-state index is 6.28. The molecule has 124 valence electrons. The maximum absolute atomic E-state index is 6.28. The van der Waals surface area contributed by atoms with Gasteiger partial charge in [0, 0.05) is 18.7 Å². The summed E-state index contributed by atoms with van der Waals surface area (Å²) in [5.74, 6) is 1.72. The van der Waals surface area contributed by atoms with Gasteiger partial charge in [0.15, 0.2) is 0 Å². The molecule has 2 N–H and O–H groups in total. The Bertz CT molecular complexity index is 306. The van der Waals surface area contributed by atoms with Crippen LogP contribution in [0.15, 0.2) is 0 Å². The van der Waals surface area contributed by atoms with Crippen LogP contribution in [0.1, 0.15) is 65.7 Å². The third-order valence-corrected chi connectivity index (χ3v) is 5.91. The molecule has 0 bridgehead atoms. The Hall–Kier alpha value is -0.120. The Morgan fingerprint density at radius 1 is 1.29 bits per heavy atom. The van der Waals surface area contributed by atoms with E-state index < -0.39 is 0 Å². The minimum Gasteiger partial charge on any atom is -0.378 e. The molecule has 2 aliphatic rings. The smallest absolute Gasteiger partial charge is 0.0593 e. The van der Waals surface area contributed by atoms with E-state index in [2.05, 4.69) is 25.7 Å². The molecular formula is C18H36N2O. The average Bonchev–Trinajstić information content (AvgIpc) is 2.74. The van der Waals surface area contributed by atoms with Gasteiger partial charge in [-0.15, -0.1) is 0 Å². The number of ether oxygens (including phenoxy) is 1. The fourth-order valence-corrected chi connectivity index (χ4v) is 4.37. The van der Waals surface area contributed by atoms with E-state index in [1.165, 1.54) is 45.2 Å². The van der Waals surface area contributed by atoms with E-state index in [1.54, 1.807) is 0 Å². The van der Waals surface area contributed by atoms with Gasteiger partial charge in [-0.1, -0.05) is 27.2 Å². The van der Waals surface area contributed by atoms with Crippen LogP contribution in [0.3, 0.4) is 0 Å². The summed E-state index contributed by atoms with van der Waals surface area (Å²) in [4.78, 5) is 2.74. The van der Waals surface area contributed by atoms with Crippen molar-refractivity contribution in [3.8, 4) is 0 Å². The molecular weight excluding hydrogens is 260 g/mol. The van der Waals surface area contributed by atoms with Gasteiger partial charge in [0.25, 0.3) is 0 Å². The van der Waals surface area contributed by atoms with E-state index in [0.29, 0.717) is 6.10 Å². The molecule has 0 saturated carbocycles. The maximum Gasteiger partial charge on any atom is 0.0593 e. The van der Waals surface area contributed by atoms with Gasteiger partial charge in [0.05, 0.1) is 6.10 Å². The summed E-state index contributed by atoms with van der Waals surface area (Å²) >= 11 is 0. The highest BCUT2D eigenvalue weighted by atomic mass is 16.5. The first-order valence-corrected chi connectivity index (χ1v) is 9.18. The van der Waals surface area contributed by atoms with Gasteiger partial charge in [0.2, 0.25) is 0 Å². The number of nitrogens with zero attached hydrogens (tertiary/aromatic N) is 1. The zero-order chi connectivity index (χ0) is 15.3. The lowest BCUT2D eigenvalue weighted by atomic mass is 9.83. The van der Waals surface area contributed by atoms with Crippen molar-refractivity contribution in [1.82, 2.24) is 4.90 Å². The van der Waals surface area contributed by atoms with Crippen LogP contribution in [0.4, 0.5) is 0 Å². The predicted molar refractivity (Wildman–Crippen MR) is 89.4 cm³/mol. The Balaban J connectivity index is 2.02. The minimum atomic E-state index is 0.212. The lowest BCUT2D eigenvalue weighted by molar-refractivity contribution is -0.0734. The molecule has 0 radical (unpaired) electrons. The normalized spacial score (nSPS) is 35.9. The highest BCUT2D eigenvalue weighted by Gasteiger charge is 2.41. The third kappa shape index (κ3) is 4.20. The molecule has 0 aliphatic carbocycles. The van der Waals surface area contributed by atoms with Crippen LogP contribution < -0.4 is 5.73 Å². The van der Waals surface area contributed by atoms with Crippen LogP contribution in [-0.2, 0) is 4.74 Å². The molecule has 3 unspecified atom stereocenters. The third-order valence-electron chi connectivity index (χ3n) is 5.91. The Labute approximate surface area is 131 Å². The van der Waals surface area contributed by atoms with E-state index in [-0.39, 0.29) is 5.54 Å². The van der Waals surface area contributed by atoms with Gasteiger partial charge in [-0.3, -0.25) is 4.90 Å². The van der Waals surface area contributed by atoms with Gasteiger partial charge >= 0.3 is 0 Å². The molecule has 2 rings (SSSR count). The second-order valence-electron chi connectivity index (χ2n) is 7.59. The van der Waals surface area contributed by atoms with Crippen LogP contribution in [0, 0.1) is 11.8 Å². The van der Waals surface area contributed by atoms with E-state index in [0.717, 1.165) is 37.8 Å². The molecule has 3 nitrogen and oxygen atoms in total. The quantitative estimate of drug-likeness (QED) is 0.845. The topological polar surface area (TPSA) is 38.5 Å². The van der Waals surface area contributed by atoms with Crippen molar-refractivity contribution in [2.24, 2.45) is 17.6 Å². The molecule has 2 fully saturated rings. The molecule has 0 aromatic carbocycles. The largest absolute Gasteiger partial charge is 0.378 e. The fourth-order valence-electron chi connectivity index (χ4n) is 4.37. The fraction of sp³-hybridized carbons (Fsp3) is 1.00. The number of likely N-dealkylation sites (tertiary alicyclic amines) is 1. The molecule has 0 aromatic rings. The molecule has 3 heteroatoms. The predicted octanol–water partition coefficient (Wildman–Crippen LogP) is 3.42. The SMILES string of the molecule is CCCC1CC(CN)(N2CCCC(C(C)C)CC2)CCO1. The molecule has 0 aromatic heterocycles. The van der Waals surface area contributed by atoms with E-state index in [1.807, 2.05) is 0 Å². The van der Waals surface area contributed by atoms with Crippen molar-refractivity contribution in [2.75, 3.05) is 26.2 Å². The lowest BCUT2D eigenvalue weighted by Gasteiger charge is -2.48. The summed E-state index contributed by atoms with van der Waals surface area (Å²) in [7, 11) is 0. The Morgan fingerprint density at radius 2 is 2.10 bits per heavy atom. The molecule has 0 spiro atoms. The van der Waals surface area contributed by atoms with Crippen LogP contribution in [0.5, 0.6) is 0 Å². The first kappa shape index (κ1) is 17.2. The summed E-state index contributed by atoms with van der Waals surface area (Å²) in [5, 5.41) is 0. The molecule has 2 saturated heterocycles. The van der Waals surface area contributed by atoms with Crippen molar-refractivity contribution in [3.63, 3.8) is 0 Å². The van der Waals surface area contributed by atoms with Crippen LogP contribution >= 0.6 is 0 Å². The van der Waals surface area contributed by atoms with Gasteiger partial charge in [-0.25, -0.2) is 0 Å². The van der Waals surface area contributed by atoms with Crippen LogP contribution in [0.25, 0.3) is 0 Å². The summed E-state index contributed by atoms with van der Waals surface area (Å²) in [6, 6.07) is 0. The van der Waals surface area contributed by atoms with E-state index >= 15 is 0 Å². The second kappa shape index (κ2) is 7.94. The first-order chi connectivity index (χ1) is 10.1. The highest BCUT2D eigenvalue weighted by Crippen LogP contribution is 2.35. The number of hydrogen-bond acceptors (Lipinski definition) is 3. The summed E-state index contributed by atoms with van der Waals surface area (Å²) in [6.07, 6.45) is 9.16. The summed E-state index contributed by atoms with van der Waals surface area (Å²) < 4.78 is 5.97. The Morgan fingerprint density at radius 3 is 2.76 bits per heavy atom. The van der Waals surface area contributed by atoms with Gasteiger partial charge in [0.1, 0.15) is 0 Å². The monoisotopic (exact) mass is 296 g/mol. The van der Waals surface area contributed by atoms with Crippen molar-refractivity contribution >= 4 is 0 Å².